The number of hydrogen-bond acceptors (Lipinski definition) is 2. The monoisotopic (exact) mass is 213 g/mol. The molecule has 15 heavy (non-hydrogen) atoms. The molecule has 0 spiro atoms. The maximum atomic E-state index is 12.1. The first kappa shape index (κ1) is 12.5. The van der Waals surface area contributed by atoms with Crippen LogP contribution in [0.15, 0.2) is 0 Å². The highest BCUT2D eigenvalue weighted by atomic mass is 16.5. The lowest BCUT2D eigenvalue weighted by atomic mass is 9.97. The molecule has 0 aromatic heterocycles. The average Bonchev–Trinajstić information content (AvgIpc) is 2.26. The molecule has 1 amide bonds. The van der Waals surface area contributed by atoms with Crippen LogP contribution in [0.1, 0.15) is 33.1 Å². The number of methoxy groups -OCH3 is 1. The highest BCUT2D eigenvalue weighted by Gasteiger charge is 2.25. The number of rotatable bonds is 4. The zero-order valence-electron chi connectivity index (χ0n) is 10.2. The zero-order valence-corrected chi connectivity index (χ0v) is 10.2. The topological polar surface area (TPSA) is 29.5 Å². The number of likely N-dealkylation sites (tertiary alicyclic amines) is 1. The third-order valence-corrected chi connectivity index (χ3v) is 3.31. The summed E-state index contributed by atoms with van der Waals surface area (Å²) < 4.78 is 5.08. The van der Waals surface area contributed by atoms with Gasteiger partial charge in [-0.1, -0.05) is 13.8 Å². The second-order valence-electron chi connectivity index (χ2n) is 4.57. The van der Waals surface area contributed by atoms with E-state index in [9.17, 15) is 4.79 Å². The van der Waals surface area contributed by atoms with Crippen molar-refractivity contribution in [3.8, 4) is 0 Å². The Labute approximate surface area is 92.8 Å². The lowest BCUT2D eigenvalue weighted by molar-refractivity contribution is -0.138. The summed E-state index contributed by atoms with van der Waals surface area (Å²) in [6, 6.07) is 0. The van der Waals surface area contributed by atoms with E-state index in [0.29, 0.717) is 6.61 Å². The van der Waals surface area contributed by atoms with Crippen molar-refractivity contribution in [3.05, 3.63) is 0 Å². The molecule has 1 fully saturated rings. The summed E-state index contributed by atoms with van der Waals surface area (Å²) in [5.41, 5.74) is 0. The molecular formula is C12H23NO2. The minimum atomic E-state index is 0.0587. The zero-order chi connectivity index (χ0) is 11.3. The quantitative estimate of drug-likeness (QED) is 0.714. The van der Waals surface area contributed by atoms with Crippen molar-refractivity contribution in [2.75, 3.05) is 26.8 Å². The molecule has 0 aliphatic carbocycles. The molecular weight excluding hydrogens is 190 g/mol. The summed E-state index contributed by atoms with van der Waals surface area (Å²) in [6.45, 7) is 6.73. The molecule has 0 aromatic carbocycles. The van der Waals surface area contributed by atoms with Gasteiger partial charge in [0.05, 0.1) is 12.5 Å². The number of amides is 1. The maximum absolute atomic E-state index is 12.1. The van der Waals surface area contributed by atoms with E-state index in [1.165, 1.54) is 0 Å². The van der Waals surface area contributed by atoms with Gasteiger partial charge in [-0.15, -0.1) is 0 Å². The van der Waals surface area contributed by atoms with E-state index in [1.54, 1.807) is 7.11 Å². The van der Waals surface area contributed by atoms with Gasteiger partial charge >= 0.3 is 0 Å². The Bertz CT molecular complexity index is 198. The second kappa shape index (κ2) is 6.11. The first-order valence-corrected chi connectivity index (χ1v) is 5.96. The molecule has 1 aliphatic rings. The van der Waals surface area contributed by atoms with Gasteiger partial charge in [0.25, 0.3) is 0 Å². The molecule has 1 rings (SSSR count). The third kappa shape index (κ3) is 3.49. The van der Waals surface area contributed by atoms with E-state index in [4.69, 9.17) is 4.74 Å². The lowest BCUT2D eigenvalue weighted by Gasteiger charge is -2.32. The first-order valence-electron chi connectivity index (χ1n) is 5.96. The van der Waals surface area contributed by atoms with Crippen LogP contribution in [-0.4, -0.2) is 37.6 Å². The van der Waals surface area contributed by atoms with E-state index in [-0.39, 0.29) is 11.8 Å². The fraction of sp³-hybridized carbons (Fsp3) is 0.917. The van der Waals surface area contributed by atoms with Gasteiger partial charge in [0.15, 0.2) is 0 Å². The minimum Gasteiger partial charge on any atom is -0.384 e. The fourth-order valence-electron chi connectivity index (χ4n) is 2.05. The Balaban J connectivity index is 2.44. The number of ether oxygens (including phenoxy) is 1. The second-order valence-corrected chi connectivity index (χ2v) is 4.57. The van der Waals surface area contributed by atoms with E-state index >= 15 is 0 Å². The number of nitrogens with zero attached hydrogens (tertiary/aromatic N) is 1. The Morgan fingerprint density at radius 3 is 2.53 bits per heavy atom. The molecule has 1 atom stereocenters. The van der Waals surface area contributed by atoms with Gasteiger partial charge in [0.2, 0.25) is 5.91 Å². The van der Waals surface area contributed by atoms with E-state index < -0.39 is 0 Å². The number of piperidine rings is 1. The first-order chi connectivity index (χ1) is 7.19. The van der Waals surface area contributed by atoms with Crippen molar-refractivity contribution >= 4 is 5.91 Å². The van der Waals surface area contributed by atoms with Gasteiger partial charge in [-0.3, -0.25) is 4.79 Å². The Morgan fingerprint density at radius 1 is 1.47 bits per heavy atom. The number of carbonyl (C=O) groups excluding carboxylic acids is 1. The Morgan fingerprint density at radius 2 is 2.07 bits per heavy atom. The smallest absolute Gasteiger partial charge is 0.227 e. The van der Waals surface area contributed by atoms with E-state index in [0.717, 1.165) is 38.3 Å². The average molecular weight is 213 g/mol. The van der Waals surface area contributed by atoms with Gasteiger partial charge in [0, 0.05) is 20.2 Å². The molecule has 3 heteroatoms. The van der Waals surface area contributed by atoms with Crippen LogP contribution in [0.25, 0.3) is 0 Å². The van der Waals surface area contributed by atoms with Crippen LogP contribution in [-0.2, 0) is 9.53 Å². The largest absolute Gasteiger partial charge is 0.384 e. The molecule has 0 saturated carbocycles. The van der Waals surface area contributed by atoms with Gasteiger partial charge < -0.3 is 9.64 Å². The van der Waals surface area contributed by atoms with Crippen molar-refractivity contribution in [2.24, 2.45) is 11.8 Å². The standard InChI is InChI=1S/C12H23NO2/c1-4-11(9-15-3)12(14)13-7-5-10(2)6-8-13/h10-11H,4-9H2,1-3H3. The van der Waals surface area contributed by atoms with Crippen LogP contribution in [0.5, 0.6) is 0 Å². The molecule has 0 aromatic rings. The van der Waals surface area contributed by atoms with Crippen LogP contribution in [0.3, 0.4) is 0 Å². The molecule has 1 unspecified atom stereocenters. The number of carbonyl (C=O) groups is 1. The molecule has 0 N–H and O–H groups in total. The molecule has 88 valence electrons. The van der Waals surface area contributed by atoms with Crippen LogP contribution in [0.4, 0.5) is 0 Å². The van der Waals surface area contributed by atoms with Crippen LogP contribution < -0.4 is 0 Å². The van der Waals surface area contributed by atoms with Crippen molar-refractivity contribution in [1.82, 2.24) is 4.90 Å². The van der Waals surface area contributed by atoms with E-state index in [1.807, 2.05) is 11.8 Å². The molecule has 1 heterocycles. The molecule has 0 bridgehead atoms. The third-order valence-electron chi connectivity index (χ3n) is 3.31. The maximum Gasteiger partial charge on any atom is 0.227 e. The predicted molar refractivity (Wildman–Crippen MR) is 60.6 cm³/mol. The molecule has 3 nitrogen and oxygen atoms in total. The minimum absolute atomic E-state index is 0.0587. The Hall–Kier alpha value is -0.570. The highest BCUT2D eigenvalue weighted by molar-refractivity contribution is 5.79. The summed E-state index contributed by atoms with van der Waals surface area (Å²) in [5.74, 6) is 1.12. The number of hydrogen-bond donors (Lipinski definition) is 0. The SMILES string of the molecule is CCC(COC)C(=O)N1CCC(C)CC1. The van der Waals surface area contributed by atoms with Crippen molar-refractivity contribution in [3.63, 3.8) is 0 Å². The van der Waals surface area contributed by atoms with E-state index in [2.05, 4.69) is 6.92 Å². The highest BCUT2D eigenvalue weighted by Crippen LogP contribution is 2.18. The molecule has 0 radical (unpaired) electrons. The normalized spacial score (nSPS) is 20.3. The summed E-state index contributed by atoms with van der Waals surface area (Å²) >= 11 is 0. The fourth-order valence-corrected chi connectivity index (χ4v) is 2.05. The Kier molecular flexibility index (Phi) is 5.09. The predicted octanol–water partition coefficient (Wildman–Crippen LogP) is 1.92. The van der Waals surface area contributed by atoms with Gasteiger partial charge in [0.1, 0.15) is 0 Å². The van der Waals surface area contributed by atoms with Crippen LogP contribution in [0.2, 0.25) is 0 Å². The van der Waals surface area contributed by atoms with Crippen molar-refractivity contribution in [1.29, 1.82) is 0 Å². The van der Waals surface area contributed by atoms with Gasteiger partial charge in [-0.05, 0) is 25.2 Å². The molecule has 1 aliphatic heterocycles. The van der Waals surface area contributed by atoms with Gasteiger partial charge in [-0.2, -0.15) is 0 Å². The van der Waals surface area contributed by atoms with Gasteiger partial charge in [-0.25, -0.2) is 0 Å². The lowest BCUT2D eigenvalue weighted by Crippen LogP contribution is -2.42. The van der Waals surface area contributed by atoms with Crippen molar-refractivity contribution < 1.29 is 9.53 Å². The summed E-state index contributed by atoms with van der Waals surface area (Å²) in [7, 11) is 1.66. The van der Waals surface area contributed by atoms with Crippen molar-refractivity contribution in [2.45, 2.75) is 33.1 Å². The summed E-state index contributed by atoms with van der Waals surface area (Å²) in [5, 5.41) is 0. The van der Waals surface area contributed by atoms with Crippen LogP contribution in [0, 0.1) is 11.8 Å². The summed E-state index contributed by atoms with van der Waals surface area (Å²) in [4.78, 5) is 14.1. The summed E-state index contributed by atoms with van der Waals surface area (Å²) in [6.07, 6.45) is 3.17. The van der Waals surface area contributed by atoms with Crippen LogP contribution >= 0.6 is 0 Å². The molecule has 1 saturated heterocycles.